The lowest BCUT2D eigenvalue weighted by Crippen LogP contribution is -2.39. The molecule has 1 aliphatic rings. The number of carbonyl (C=O) groups excluding carboxylic acids is 1. The zero-order valence-electron chi connectivity index (χ0n) is 14.4. The molecule has 0 spiro atoms. The molecule has 3 aromatic rings. The first-order chi connectivity index (χ1) is 12.7. The molecule has 26 heavy (non-hydrogen) atoms. The van der Waals surface area contributed by atoms with Crippen LogP contribution in [0.1, 0.15) is 23.8 Å². The van der Waals surface area contributed by atoms with E-state index in [2.05, 4.69) is 26.8 Å². The number of nitrogens with one attached hydrogen (secondary N) is 1. The number of amides is 1. The second-order valence-corrected chi connectivity index (χ2v) is 7.43. The van der Waals surface area contributed by atoms with Gasteiger partial charge in [-0.25, -0.2) is 9.48 Å². The van der Waals surface area contributed by atoms with Crippen LogP contribution >= 0.6 is 11.3 Å². The maximum absolute atomic E-state index is 12.4. The molecule has 0 aliphatic carbocycles. The van der Waals surface area contributed by atoms with Gasteiger partial charge in [0.2, 0.25) is 5.91 Å². The highest BCUT2D eigenvalue weighted by Crippen LogP contribution is 2.27. The van der Waals surface area contributed by atoms with Crippen LogP contribution in [0.25, 0.3) is 5.65 Å². The van der Waals surface area contributed by atoms with E-state index in [0.29, 0.717) is 12.2 Å². The predicted molar refractivity (Wildman–Crippen MR) is 100 cm³/mol. The first-order valence-electron chi connectivity index (χ1n) is 8.81. The monoisotopic (exact) mass is 371 g/mol. The molecule has 0 radical (unpaired) electrons. The maximum Gasteiger partial charge on any atom is 0.350 e. The Morgan fingerprint density at radius 3 is 2.81 bits per heavy atom. The van der Waals surface area contributed by atoms with Gasteiger partial charge in [0.25, 0.3) is 0 Å². The molecule has 1 amide bonds. The molecule has 1 unspecified atom stereocenters. The van der Waals surface area contributed by atoms with Gasteiger partial charge in [-0.05, 0) is 49.5 Å². The van der Waals surface area contributed by atoms with Crippen molar-refractivity contribution >= 4 is 22.9 Å². The number of carbonyl (C=O) groups is 1. The van der Waals surface area contributed by atoms with Crippen LogP contribution in [-0.2, 0) is 11.3 Å². The van der Waals surface area contributed by atoms with E-state index in [-0.39, 0.29) is 24.2 Å². The molecule has 0 saturated carbocycles. The van der Waals surface area contributed by atoms with E-state index in [1.165, 1.54) is 26.8 Å². The molecular formula is C18H21N5O2S. The number of aromatic nitrogens is 3. The average molecular weight is 371 g/mol. The number of likely N-dealkylation sites (tertiary alicyclic amines) is 1. The number of fused-ring (bicyclic) bond motifs is 1. The highest BCUT2D eigenvalue weighted by molar-refractivity contribution is 7.10. The Morgan fingerprint density at radius 1 is 1.23 bits per heavy atom. The SMILES string of the molecule is O=C(Cn1nc2ccccn2c1=O)NCC(c1cccs1)N1CCCC1. The fourth-order valence-electron chi connectivity index (χ4n) is 3.42. The molecule has 7 nitrogen and oxygen atoms in total. The van der Waals surface area contributed by atoms with Gasteiger partial charge in [-0.15, -0.1) is 16.4 Å². The molecule has 3 aromatic heterocycles. The van der Waals surface area contributed by atoms with Crippen molar-refractivity contribution in [2.75, 3.05) is 19.6 Å². The smallest absolute Gasteiger partial charge is 0.350 e. The summed E-state index contributed by atoms with van der Waals surface area (Å²) in [5, 5.41) is 9.26. The number of thiophene rings is 1. The zero-order chi connectivity index (χ0) is 17.9. The minimum atomic E-state index is -0.301. The molecule has 136 valence electrons. The van der Waals surface area contributed by atoms with Crippen LogP contribution in [-0.4, -0.2) is 44.6 Å². The van der Waals surface area contributed by atoms with Crippen LogP contribution in [0.4, 0.5) is 0 Å². The van der Waals surface area contributed by atoms with E-state index < -0.39 is 0 Å². The Morgan fingerprint density at radius 2 is 2.08 bits per heavy atom. The fourth-order valence-corrected chi connectivity index (χ4v) is 4.28. The summed E-state index contributed by atoms with van der Waals surface area (Å²) in [5.74, 6) is -0.198. The average Bonchev–Trinajstić information content (AvgIpc) is 3.39. The Balaban J connectivity index is 1.43. The topological polar surface area (TPSA) is 71.6 Å². The van der Waals surface area contributed by atoms with E-state index in [0.717, 1.165) is 13.1 Å². The highest BCUT2D eigenvalue weighted by Gasteiger charge is 2.24. The standard InChI is InChI=1S/C18H21N5O2S/c24-17(13-23-18(25)22-10-2-1-7-16(22)20-23)19-12-14(15-6-5-11-26-15)21-8-3-4-9-21/h1-2,5-7,10-11,14H,3-4,8-9,12-13H2,(H,19,24). The lowest BCUT2D eigenvalue weighted by Gasteiger charge is -2.26. The lowest BCUT2D eigenvalue weighted by molar-refractivity contribution is -0.122. The van der Waals surface area contributed by atoms with Gasteiger partial charge in [-0.2, -0.15) is 0 Å². The first kappa shape index (κ1) is 17.0. The first-order valence-corrected chi connectivity index (χ1v) is 9.69. The Labute approximate surface area is 154 Å². The molecule has 1 aliphatic heterocycles. The van der Waals surface area contributed by atoms with E-state index in [1.54, 1.807) is 29.7 Å². The summed E-state index contributed by atoms with van der Waals surface area (Å²) in [5.41, 5.74) is 0.240. The van der Waals surface area contributed by atoms with Crippen molar-refractivity contribution in [1.29, 1.82) is 0 Å². The molecule has 1 N–H and O–H groups in total. The van der Waals surface area contributed by atoms with Gasteiger partial charge < -0.3 is 5.32 Å². The lowest BCUT2D eigenvalue weighted by atomic mass is 10.2. The van der Waals surface area contributed by atoms with Crippen LogP contribution in [0.5, 0.6) is 0 Å². The van der Waals surface area contributed by atoms with E-state index in [9.17, 15) is 9.59 Å². The van der Waals surface area contributed by atoms with Crippen LogP contribution in [0.15, 0.2) is 46.7 Å². The molecule has 4 heterocycles. The van der Waals surface area contributed by atoms with Gasteiger partial charge in [0.1, 0.15) is 6.54 Å². The van der Waals surface area contributed by atoms with Crippen molar-refractivity contribution in [3.63, 3.8) is 0 Å². The number of nitrogens with zero attached hydrogens (tertiary/aromatic N) is 4. The summed E-state index contributed by atoms with van der Waals surface area (Å²) in [6.07, 6.45) is 4.05. The third-order valence-corrected chi connectivity index (χ3v) is 5.70. The van der Waals surface area contributed by atoms with Gasteiger partial charge >= 0.3 is 5.69 Å². The molecule has 0 aromatic carbocycles. The maximum atomic E-state index is 12.4. The van der Waals surface area contributed by atoms with Crippen molar-refractivity contribution in [1.82, 2.24) is 24.4 Å². The minimum Gasteiger partial charge on any atom is -0.353 e. The molecule has 4 rings (SSSR count). The normalized spacial score (nSPS) is 16.2. The van der Waals surface area contributed by atoms with Crippen LogP contribution in [0.3, 0.4) is 0 Å². The summed E-state index contributed by atoms with van der Waals surface area (Å²) in [7, 11) is 0. The molecule has 1 fully saturated rings. The molecule has 8 heteroatoms. The van der Waals surface area contributed by atoms with Crippen molar-refractivity contribution in [2.24, 2.45) is 0 Å². The predicted octanol–water partition coefficient (Wildman–Crippen LogP) is 1.51. The van der Waals surface area contributed by atoms with Crippen molar-refractivity contribution in [3.8, 4) is 0 Å². The fraction of sp³-hybridized carbons (Fsp3) is 0.389. The van der Waals surface area contributed by atoms with Crippen molar-refractivity contribution in [2.45, 2.75) is 25.4 Å². The third kappa shape index (κ3) is 3.42. The van der Waals surface area contributed by atoms with Gasteiger partial charge in [-0.1, -0.05) is 12.1 Å². The van der Waals surface area contributed by atoms with Crippen molar-refractivity contribution in [3.05, 3.63) is 57.3 Å². The summed E-state index contributed by atoms with van der Waals surface area (Å²) in [6, 6.07) is 9.68. The summed E-state index contributed by atoms with van der Waals surface area (Å²) >= 11 is 1.72. The molecule has 1 saturated heterocycles. The zero-order valence-corrected chi connectivity index (χ0v) is 15.2. The Bertz CT molecular complexity index is 940. The van der Waals surface area contributed by atoms with Crippen LogP contribution in [0.2, 0.25) is 0 Å². The largest absolute Gasteiger partial charge is 0.353 e. The highest BCUT2D eigenvalue weighted by atomic mass is 32.1. The summed E-state index contributed by atoms with van der Waals surface area (Å²) in [4.78, 5) is 28.4. The second kappa shape index (κ2) is 7.43. The Hall–Kier alpha value is -2.45. The number of hydrogen-bond acceptors (Lipinski definition) is 5. The Kier molecular flexibility index (Phi) is 4.85. The van der Waals surface area contributed by atoms with Crippen LogP contribution < -0.4 is 11.0 Å². The van der Waals surface area contributed by atoms with E-state index in [4.69, 9.17) is 0 Å². The minimum absolute atomic E-state index is 0.0718. The van der Waals surface area contributed by atoms with Crippen molar-refractivity contribution < 1.29 is 4.79 Å². The molecular weight excluding hydrogens is 350 g/mol. The summed E-state index contributed by atoms with van der Waals surface area (Å²) < 4.78 is 2.65. The second-order valence-electron chi connectivity index (χ2n) is 6.45. The van der Waals surface area contributed by atoms with Gasteiger partial charge in [0.05, 0.1) is 6.04 Å². The molecule has 0 bridgehead atoms. The van der Waals surface area contributed by atoms with Gasteiger partial charge in [0, 0.05) is 17.6 Å². The third-order valence-electron chi connectivity index (χ3n) is 4.73. The molecule has 1 atom stereocenters. The van der Waals surface area contributed by atoms with Crippen LogP contribution in [0, 0.1) is 0 Å². The number of pyridine rings is 1. The van der Waals surface area contributed by atoms with E-state index >= 15 is 0 Å². The quantitative estimate of drug-likeness (QED) is 0.713. The van der Waals surface area contributed by atoms with Gasteiger partial charge in [-0.3, -0.25) is 14.1 Å². The number of rotatable bonds is 6. The number of hydrogen-bond donors (Lipinski definition) is 1. The summed E-state index contributed by atoms with van der Waals surface area (Å²) in [6.45, 7) is 2.59. The van der Waals surface area contributed by atoms with Gasteiger partial charge in [0.15, 0.2) is 5.65 Å². The van der Waals surface area contributed by atoms with E-state index in [1.807, 2.05) is 12.1 Å².